The highest BCUT2D eigenvalue weighted by atomic mass is 16.3. The van der Waals surface area contributed by atoms with Crippen LogP contribution < -0.4 is 5.32 Å². The first-order valence-corrected chi connectivity index (χ1v) is 12.0. The molecule has 0 radical (unpaired) electrons. The number of aryl methyl sites for hydroxylation is 2. The van der Waals surface area contributed by atoms with Crippen molar-refractivity contribution in [3.63, 3.8) is 0 Å². The van der Waals surface area contributed by atoms with Crippen LogP contribution in [0, 0.1) is 19.8 Å². The van der Waals surface area contributed by atoms with Gasteiger partial charge >= 0.3 is 6.03 Å². The van der Waals surface area contributed by atoms with E-state index >= 15 is 0 Å². The van der Waals surface area contributed by atoms with E-state index in [9.17, 15) is 9.59 Å². The molecule has 178 valence electrons. The molecule has 3 aromatic rings. The van der Waals surface area contributed by atoms with Crippen LogP contribution in [0.3, 0.4) is 0 Å². The second-order valence-electron chi connectivity index (χ2n) is 9.13. The Labute approximate surface area is 201 Å². The quantitative estimate of drug-likeness (QED) is 0.441. The van der Waals surface area contributed by atoms with E-state index in [1.54, 1.807) is 9.80 Å². The lowest BCUT2D eigenvalue weighted by molar-refractivity contribution is -0.132. The number of furan rings is 1. The molecule has 2 aromatic carbocycles. The lowest BCUT2D eigenvalue weighted by atomic mass is 10.1. The summed E-state index contributed by atoms with van der Waals surface area (Å²) in [5.41, 5.74) is 2.93. The van der Waals surface area contributed by atoms with Gasteiger partial charge in [0.2, 0.25) is 5.91 Å². The van der Waals surface area contributed by atoms with Gasteiger partial charge in [-0.2, -0.15) is 0 Å². The van der Waals surface area contributed by atoms with E-state index in [4.69, 9.17) is 4.42 Å². The van der Waals surface area contributed by atoms with Crippen LogP contribution in [0.15, 0.2) is 71.1 Å². The number of anilines is 1. The molecule has 1 fully saturated rings. The van der Waals surface area contributed by atoms with Crippen LogP contribution in [-0.4, -0.2) is 41.4 Å². The second-order valence-corrected chi connectivity index (χ2v) is 9.13. The fourth-order valence-corrected chi connectivity index (χ4v) is 3.96. The van der Waals surface area contributed by atoms with Gasteiger partial charge in [0.1, 0.15) is 18.1 Å². The van der Waals surface area contributed by atoms with E-state index < -0.39 is 0 Å². The SMILES string of the molecule is Cc1ccc(CN(CCc2ccccc2)C(=O)CN(CC2CC2)C(=O)Nc2ccccc2C)o1. The Hall–Kier alpha value is -3.54. The van der Waals surface area contributed by atoms with Crippen molar-refractivity contribution in [3.8, 4) is 0 Å². The van der Waals surface area contributed by atoms with Crippen LogP contribution in [0.25, 0.3) is 0 Å². The van der Waals surface area contributed by atoms with Crippen LogP contribution in [0.2, 0.25) is 0 Å². The van der Waals surface area contributed by atoms with Gasteiger partial charge in [-0.05, 0) is 68.4 Å². The fourth-order valence-electron chi connectivity index (χ4n) is 3.96. The number of rotatable bonds is 10. The molecule has 1 saturated carbocycles. The van der Waals surface area contributed by atoms with E-state index in [1.165, 1.54) is 5.56 Å². The molecule has 1 aliphatic rings. The van der Waals surface area contributed by atoms with Crippen molar-refractivity contribution >= 4 is 17.6 Å². The Bertz CT molecular complexity index is 1100. The van der Waals surface area contributed by atoms with Crippen LogP contribution in [0.1, 0.15) is 35.5 Å². The summed E-state index contributed by atoms with van der Waals surface area (Å²) in [5.74, 6) is 1.96. The normalized spacial score (nSPS) is 12.9. The average molecular weight is 460 g/mol. The van der Waals surface area contributed by atoms with Crippen LogP contribution >= 0.6 is 0 Å². The molecule has 1 heterocycles. The Morgan fingerprint density at radius 2 is 1.68 bits per heavy atom. The Morgan fingerprint density at radius 3 is 2.35 bits per heavy atom. The van der Waals surface area contributed by atoms with Gasteiger partial charge in [-0.25, -0.2) is 4.79 Å². The first-order valence-electron chi connectivity index (χ1n) is 12.0. The highest BCUT2D eigenvalue weighted by Gasteiger charge is 2.29. The largest absolute Gasteiger partial charge is 0.464 e. The van der Waals surface area contributed by atoms with Crippen molar-refractivity contribution in [2.45, 2.75) is 39.7 Å². The molecule has 6 nitrogen and oxygen atoms in total. The maximum absolute atomic E-state index is 13.5. The zero-order chi connectivity index (χ0) is 23.9. The molecule has 1 N–H and O–H groups in total. The first-order chi connectivity index (χ1) is 16.5. The number of nitrogens with one attached hydrogen (secondary N) is 1. The number of nitrogens with zero attached hydrogens (tertiary/aromatic N) is 2. The minimum atomic E-state index is -0.230. The molecule has 0 atom stereocenters. The lowest BCUT2D eigenvalue weighted by Crippen LogP contribution is -2.45. The molecule has 0 unspecified atom stereocenters. The third kappa shape index (κ3) is 6.73. The standard InChI is InChI=1S/C28H33N3O3/c1-21-8-6-7-11-26(21)29-28(33)31(18-24-13-14-24)20-27(32)30(19-25-15-12-22(2)34-25)17-16-23-9-4-3-5-10-23/h3-12,15,24H,13-14,16-20H2,1-2H3,(H,29,33). The van der Waals surface area contributed by atoms with Crippen molar-refractivity contribution in [1.82, 2.24) is 9.80 Å². The van der Waals surface area contributed by atoms with E-state index in [-0.39, 0.29) is 18.5 Å². The molecular weight excluding hydrogens is 426 g/mol. The van der Waals surface area contributed by atoms with Crippen molar-refractivity contribution in [3.05, 3.63) is 89.4 Å². The average Bonchev–Trinajstić information content (AvgIpc) is 3.56. The molecule has 6 heteroatoms. The molecule has 1 aliphatic carbocycles. The summed E-state index contributed by atoms with van der Waals surface area (Å²) in [5, 5.41) is 3.00. The predicted molar refractivity (Wildman–Crippen MR) is 134 cm³/mol. The van der Waals surface area contributed by atoms with Gasteiger partial charge in [-0.15, -0.1) is 0 Å². The maximum atomic E-state index is 13.5. The Morgan fingerprint density at radius 1 is 0.941 bits per heavy atom. The molecule has 0 saturated heterocycles. The minimum Gasteiger partial charge on any atom is -0.464 e. The number of hydrogen-bond acceptors (Lipinski definition) is 3. The maximum Gasteiger partial charge on any atom is 0.322 e. The smallest absolute Gasteiger partial charge is 0.322 e. The second kappa shape index (κ2) is 11.1. The van der Waals surface area contributed by atoms with Gasteiger partial charge in [0, 0.05) is 18.8 Å². The number of carbonyl (C=O) groups is 2. The van der Waals surface area contributed by atoms with Crippen molar-refractivity contribution < 1.29 is 14.0 Å². The first kappa shape index (κ1) is 23.6. The fraction of sp³-hybridized carbons (Fsp3) is 0.357. The molecular formula is C28H33N3O3. The van der Waals surface area contributed by atoms with Crippen molar-refractivity contribution in [2.75, 3.05) is 25.0 Å². The molecule has 34 heavy (non-hydrogen) atoms. The van der Waals surface area contributed by atoms with Crippen LogP contribution in [-0.2, 0) is 17.8 Å². The molecule has 1 aromatic heterocycles. The predicted octanol–water partition coefficient (Wildman–Crippen LogP) is 5.41. The summed E-state index contributed by atoms with van der Waals surface area (Å²) in [6.45, 7) is 5.43. The van der Waals surface area contributed by atoms with Gasteiger partial charge in [-0.3, -0.25) is 4.79 Å². The van der Waals surface area contributed by atoms with E-state index in [1.807, 2.05) is 68.4 Å². The van der Waals surface area contributed by atoms with Crippen LogP contribution in [0.4, 0.5) is 10.5 Å². The zero-order valence-electron chi connectivity index (χ0n) is 20.0. The number of para-hydroxylation sites is 1. The Kier molecular flexibility index (Phi) is 7.68. The summed E-state index contributed by atoms with van der Waals surface area (Å²) in [7, 11) is 0. The summed E-state index contributed by atoms with van der Waals surface area (Å²) >= 11 is 0. The topological polar surface area (TPSA) is 65.8 Å². The molecule has 0 spiro atoms. The number of amides is 3. The number of benzene rings is 2. The molecule has 0 bridgehead atoms. The van der Waals surface area contributed by atoms with Crippen molar-refractivity contribution in [2.24, 2.45) is 5.92 Å². The van der Waals surface area contributed by atoms with E-state index in [2.05, 4.69) is 17.4 Å². The summed E-state index contributed by atoms with van der Waals surface area (Å²) in [4.78, 5) is 30.1. The molecule has 3 amide bonds. The minimum absolute atomic E-state index is 0.0443. The third-order valence-electron chi connectivity index (χ3n) is 6.18. The summed E-state index contributed by atoms with van der Waals surface area (Å²) in [6, 6.07) is 21.4. The van der Waals surface area contributed by atoms with Crippen LogP contribution in [0.5, 0.6) is 0 Å². The summed E-state index contributed by atoms with van der Waals surface area (Å²) in [6.07, 6.45) is 2.95. The third-order valence-corrected chi connectivity index (χ3v) is 6.18. The van der Waals surface area contributed by atoms with Gasteiger partial charge in [0.05, 0.1) is 6.54 Å². The number of carbonyl (C=O) groups excluding carboxylic acids is 2. The van der Waals surface area contributed by atoms with Gasteiger partial charge in [0.25, 0.3) is 0 Å². The molecule has 0 aliphatic heterocycles. The van der Waals surface area contributed by atoms with E-state index in [0.29, 0.717) is 25.6 Å². The molecule has 4 rings (SSSR count). The monoisotopic (exact) mass is 459 g/mol. The van der Waals surface area contributed by atoms with Crippen molar-refractivity contribution in [1.29, 1.82) is 0 Å². The number of urea groups is 1. The van der Waals surface area contributed by atoms with Gasteiger partial charge in [-0.1, -0.05) is 48.5 Å². The Balaban J connectivity index is 1.46. The van der Waals surface area contributed by atoms with E-state index in [0.717, 1.165) is 42.0 Å². The zero-order valence-corrected chi connectivity index (χ0v) is 20.0. The lowest BCUT2D eigenvalue weighted by Gasteiger charge is -2.28. The highest BCUT2D eigenvalue weighted by molar-refractivity contribution is 5.93. The van der Waals surface area contributed by atoms with Gasteiger partial charge in [0.15, 0.2) is 0 Å². The van der Waals surface area contributed by atoms with Gasteiger partial charge < -0.3 is 19.5 Å². The highest BCUT2D eigenvalue weighted by Crippen LogP contribution is 2.30. The number of hydrogen-bond donors (Lipinski definition) is 1. The summed E-state index contributed by atoms with van der Waals surface area (Å²) < 4.78 is 5.75.